The van der Waals surface area contributed by atoms with E-state index in [0.717, 1.165) is 30.1 Å². The SMILES string of the molecule is Cc1ccc(S(=O)(=O)NC[C@@H]2CCCN2c2nccs2)cc1. The lowest BCUT2D eigenvalue weighted by Gasteiger charge is -2.24. The van der Waals surface area contributed by atoms with Gasteiger partial charge in [-0.1, -0.05) is 17.7 Å². The van der Waals surface area contributed by atoms with Gasteiger partial charge in [0.2, 0.25) is 10.0 Å². The van der Waals surface area contributed by atoms with E-state index in [-0.39, 0.29) is 6.04 Å². The van der Waals surface area contributed by atoms with Crippen LogP contribution >= 0.6 is 11.3 Å². The minimum absolute atomic E-state index is 0.173. The van der Waals surface area contributed by atoms with Crippen LogP contribution in [-0.2, 0) is 10.0 Å². The summed E-state index contributed by atoms with van der Waals surface area (Å²) in [5.74, 6) is 0. The van der Waals surface area contributed by atoms with Crippen LogP contribution in [0.15, 0.2) is 40.7 Å². The van der Waals surface area contributed by atoms with E-state index in [0.29, 0.717) is 11.4 Å². The molecule has 1 N–H and O–H groups in total. The largest absolute Gasteiger partial charge is 0.344 e. The van der Waals surface area contributed by atoms with Crippen molar-refractivity contribution < 1.29 is 8.42 Å². The van der Waals surface area contributed by atoms with Crippen molar-refractivity contribution in [2.24, 2.45) is 0 Å². The number of nitrogens with zero attached hydrogens (tertiary/aromatic N) is 2. The molecule has 1 aliphatic heterocycles. The second-order valence-electron chi connectivity index (χ2n) is 5.47. The summed E-state index contributed by atoms with van der Waals surface area (Å²) in [7, 11) is -3.45. The fraction of sp³-hybridized carbons (Fsp3) is 0.400. The number of rotatable bonds is 5. The van der Waals surface area contributed by atoms with Crippen LogP contribution < -0.4 is 9.62 Å². The van der Waals surface area contributed by atoms with Gasteiger partial charge < -0.3 is 4.90 Å². The van der Waals surface area contributed by atoms with Crippen molar-refractivity contribution in [2.45, 2.75) is 30.7 Å². The Balaban J connectivity index is 1.67. The van der Waals surface area contributed by atoms with Crippen molar-refractivity contribution in [2.75, 3.05) is 18.0 Å². The maximum atomic E-state index is 12.4. The van der Waals surface area contributed by atoms with Gasteiger partial charge in [-0.15, -0.1) is 11.3 Å². The molecule has 0 radical (unpaired) electrons. The van der Waals surface area contributed by atoms with Crippen LogP contribution in [0, 0.1) is 6.92 Å². The molecule has 1 aliphatic rings. The summed E-state index contributed by atoms with van der Waals surface area (Å²) >= 11 is 1.59. The number of thiazole rings is 1. The minimum atomic E-state index is -3.45. The Kier molecular flexibility index (Phi) is 4.46. The first-order valence-corrected chi connectivity index (χ1v) is 9.65. The van der Waals surface area contributed by atoms with Gasteiger partial charge in [0, 0.05) is 30.7 Å². The molecule has 0 spiro atoms. The van der Waals surface area contributed by atoms with Gasteiger partial charge in [0.05, 0.1) is 4.90 Å². The highest BCUT2D eigenvalue weighted by Gasteiger charge is 2.27. The lowest BCUT2D eigenvalue weighted by atomic mass is 10.2. The average Bonchev–Trinajstić information content (AvgIpc) is 3.16. The summed E-state index contributed by atoms with van der Waals surface area (Å²) in [4.78, 5) is 6.84. The van der Waals surface area contributed by atoms with Gasteiger partial charge in [-0.05, 0) is 31.9 Å². The summed E-state index contributed by atoms with van der Waals surface area (Å²) < 4.78 is 27.4. The van der Waals surface area contributed by atoms with Crippen molar-refractivity contribution in [3.8, 4) is 0 Å². The van der Waals surface area contributed by atoms with Crippen LogP contribution in [0.2, 0.25) is 0 Å². The molecule has 0 saturated carbocycles. The predicted octanol–water partition coefficient (Wildman–Crippen LogP) is 2.40. The predicted molar refractivity (Wildman–Crippen MR) is 88.8 cm³/mol. The third-order valence-corrected chi connectivity index (χ3v) is 6.13. The van der Waals surface area contributed by atoms with Crippen LogP contribution in [0.25, 0.3) is 0 Å². The second-order valence-corrected chi connectivity index (χ2v) is 8.11. The van der Waals surface area contributed by atoms with Gasteiger partial charge in [-0.3, -0.25) is 0 Å². The molecule has 3 rings (SSSR count). The molecule has 2 heterocycles. The minimum Gasteiger partial charge on any atom is -0.344 e. The van der Waals surface area contributed by atoms with Gasteiger partial charge in [-0.25, -0.2) is 18.1 Å². The molecule has 2 aromatic rings. The highest BCUT2D eigenvalue weighted by molar-refractivity contribution is 7.89. The molecule has 0 bridgehead atoms. The maximum absolute atomic E-state index is 12.4. The van der Waals surface area contributed by atoms with E-state index < -0.39 is 10.0 Å². The van der Waals surface area contributed by atoms with Crippen molar-refractivity contribution in [1.29, 1.82) is 0 Å². The van der Waals surface area contributed by atoms with Gasteiger partial charge in [0.15, 0.2) is 5.13 Å². The Morgan fingerprint density at radius 1 is 1.36 bits per heavy atom. The topological polar surface area (TPSA) is 62.3 Å². The third kappa shape index (κ3) is 3.31. The highest BCUT2D eigenvalue weighted by atomic mass is 32.2. The van der Waals surface area contributed by atoms with Crippen molar-refractivity contribution in [3.63, 3.8) is 0 Å². The van der Waals surface area contributed by atoms with Crippen LogP contribution in [0.4, 0.5) is 5.13 Å². The van der Waals surface area contributed by atoms with E-state index in [1.165, 1.54) is 0 Å². The molecular formula is C15H19N3O2S2. The van der Waals surface area contributed by atoms with Gasteiger partial charge in [-0.2, -0.15) is 0 Å². The molecule has 1 saturated heterocycles. The number of benzene rings is 1. The molecule has 1 aromatic carbocycles. The monoisotopic (exact) mass is 337 g/mol. The molecule has 118 valence electrons. The molecule has 0 amide bonds. The van der Waals surface area contributed by atoms with E-state index in [1.54, 1.807) is 29.7 Å². The zero-order valence-corrected chi connectivity index (χ0v) is 14.0. The Bertz CT molecular complexity index is 712. The first-order valence-electron chi connectivity index (χ1n) is 7.29. The number of anilines is 1. The first kappa shape index (κ1) is 15.5. The molecule has 1 atom stereocenters. The van der Waals surface area contributed by atoms with Gasteiger partial charge >= 0.3 is 0 Å². The summed E-state index contributed by atoms with van der Waals surface area (Å²) in [5.41, 5.74) is 1.05. The highest BCUT2D eigenvalue weighted by Crippen LogP contribution is 2.27. The van der Waals surface area contributed by atoms with Crippen LogP contribution in [0.1, 0.15) is 18.4 Å². The van der Waals surface area contributed by atoms with E-state index in [4.69, 9.17) is 0 Å². The van der Waals surface area contributed by atoms with Crippen LogP contribution in [0.3, 0.4) is 0 Å². The number of sulfonamides is 1. The fourth-order valence-corrected chi connectivity index (χ4v) is 4.48. The molecule has 5 nitrogen and oxygen atoms in total. The van der Waals surface area contributed by atoms with Crippen molar-refractivity contribution in [1.82, 2.24) is 9.71 Å². The molecule has 22 heavy (non-hydrogen) atoms. The second kappa shape index (κ2) is 6.36. The normalized spacial score (nSPS) is 18.8. The zero-order chi connectivity index (χ0) is 15.6. The fourth-order valence-electron chi connectivity index (χ4n) is 2.66. The quantitative estimate of drug-likeness (QED) is 0.910. The Morgan fingerprint density at radius 2 is 2.14 bits per heavy atom. The number of aromatic nitrogens is 1. The molecule has 7 heteroatoms. The third-order valence-electron chi connectivity index (χ3n) is 3.88. The van der Waals surface area contributed by atoms with Crippen molar-refractivity contribution in [3.05, 3.63) is 41.4 Å². The first-order chi connectivity index (χ1) is 10.6. The Morgan fingerprint density at radius 3 is 2.82 bits per heavy atom. The summed E-state index contributed by atoms with van der Waals surface area (Å²) in [6.07, 6.45) is 3.83. The van der Waals surface area contributed by atoms with E-state index in [2.05, 4.69) is 14.6 Å². The van der Waals surface area contributed by atoms with Crippen LogP contribution in [-0.4, -0.2) is 32.5 Å². The standard InChI is InChI=1S/C15H19N3O2S2/c1-12-4-6-14(7-5-12)22(19,20)17-11-13-3-2-9-18(13)15-16-8-10-21-15/h4-8,10,13,17H,2-3,9,11H2,1H3/t13-/m0/s1. The molecule has 1 aromatic heterocycles. The zero-order valence-electron chi connectivity index (χ0n) is 12.4. The maximum Gasteiger partial charge on any atom is 0.240 e. The molecular weight excluding hydrogens is 318 g/mol. The number of aryl methyl sites for hydroxylation is 1. The van der Waals surface area contributed by atoms with E-state index in [1.807, 2.05) is 24.4 Å². The number of hydrogen-bond donors (Lipinski definition) is 1. The van der Waals surface area contributed by atoms with Crippen LogP contribution in [0.5, 0.6) is 0 Å². The van der Waals surface area contributed by atoms with Gasteiger partial charge in [0.25, 0.3) is 0 Å². The average molecular weight is 337 g/mol. The smallest absolute Gasteiger partial charge is 0.240 e. The van der Waals surface area contributed by atoms with Gasteiger partial charge in [0.1, 0.15) is 0 Å². The number of hydrogen-bond acceptors (Lipinski definition) is 5. The molecule has 1 fully saturated rings. The lowest BCUT2D eigenvalue weighted by Crippen LogP contribution is -2.40. The van der Waals surface area contributed by atoms with Crippen molar-refractivity contribution >= 4 is 26.5 Å². The summed E-state index contributed by atoms with van der Waals surface area (Å²) in [6.45, 7) is 3.29. The Hall–Kier alpha value is -1.44. The molecule has 0 aliphatic carbocycles. The summed E-state index contributed by atoms with van der Waals surface area (Å²) in [6, 6.07) is 7.08. The lowest BCUT2D eigenvalue weighted by molar-refractivity contribution is 0.567. The number of nitrogens with one attached hydrogen (secondary N) is 1. The summed E-state index contributed by atoms with van der Waals surface area (Å²) in [5, 5.41) is 2.92. The molecule has 0 unspecified atom stereocenters. The van der Waals surface area contributed by atoms with E-state index >= 15 is 0 Å². The van der Waals surface area contributed by atoms with E-state index in [9.17, 15) is 8.42 Å². The Labute approximate surface area is 135 Å².